The topological polar surface area (TPSA) is 203 Å². The lowest BCUT2D eigenvalue weighted by Gasteiger charge is -2.26. The second kappa shape index (κ2) is 18.8. The van der Waals surface area contributed by atoms with E-state index in [0.29, 0.717) is 48.7 Å². The van der Waals surface area contributed by atoms with Crippen molar-refractivity contribution in [1.29, 1.82) is 0 Å². The molecule has 0 spiro atoms. The maximum Gasteiger partial charge on any atom is 0.254 e. The van der Waals surface area contributed by atoms with Crippen molar-refractivity contribution in [2.24, 2.45) is 5.73 Å². The molecule has 274 valence electrons. The Morgan fingerprint density at radius 1 is 0.577 bits per heavy atom. The molecule has 0 fully saturated rings. The third-order valence-electron chi connectivity index (χ3n) is 8.12. The molecule has 14 heteroatoms. The second-order valence-electron chi connectivity index (χ2n) is 12.2. The number of halogens is 2. The first kappa shape index (κ1) is 38.8. The summed E-state index contributed by atoms with van der Waals surface area (Å²) < 4.78 is 28.1. The summed E-state index contributed by atoms with van der Waals surface area (Å²) in [5, 5.41) is 39.9. The number of carbonyl (C=O) groups excluding carboxylic acids is 4. The number of hydrogen-bond acceptors (Lipinski definition) is 8. The van der Waals surface area contributed by atoms with Crippen molar-refractivity contribution >= 4 is 23.6 Å². The highest BCUT2D eigenvalue weighted by Gasteiger charge is 2.31. The molecule has 4 amide bonds. The van der Waals surface area contributed by atoms with Crippen molar-refractivity contribution in [3.8, 4) is 17.2 Å². The van der Waals surface area contributed by atoms with Crippen LogP contribution in [0, 0.1) is 11.6 Å². The summed E-state index contributed by atoms with van der Waals surface area (Å²) in [5.74, 6) is -5.20. The number of phenolic OH excluding ortho intramolecular Hbond substituents is 3. The average molecular weight is 718 g/mol. The molecule has 4 aromatic rings. The molecule has 3 atom stereocenters. The number of carbonyl (C=O) groups is 4. The predicted molar refractivity (Wildman–Crippen MR) is 188 cm³/mol. The summed E-state index contributed by atoms with van der Waals surface area (Å²) in [6.07, 6.45) is 1.07. The zero-order chi connectivity index (χ0) is 37.6. The third kappa shape index (κ3) is 11.8. The van der Waals surface area contributed by atoms with Gasteiger partial charge in [-0.3, -0.25) is 19.2 Å². The van der Waals surface area contributed by atoms with Crippen LogP contribution in [0.25, 0.3) is 0 Å². The van der Waals surface area contributed by atoms with Gasteiger partial charge in [0.1, 0.15) is 47.0 Å². The van der Waals surface area contributed by atoms with E-state index < -0.39 is 59.0 Å². The fraction of sp³-hybridized carbons (Fsp3) is 0.263. The first-order chi connectivity index (χ1) is 24.9. The molecule has 0 bridgehead atoms. The molecule has 0 aliphatic rings. The van der Waals surface area contributed by atoms with Crippen molar-refractivity contribution in [2.75, 3.05) is 13.1 Å². The Morgan fingerprint density at radius 3 is 1.42 bits per heavy atom. The molecule has 0 aromatic heterocycles. The first-order valence-corrected chi connectivity index (χ1v) is 16.6. The van der Waals surface area contributed by atoms with Crippen LogP contribution in [0.3, 0.4) is 0 Å². The minimum atomic E-state index is -1.39. The van der Waals surface area contributed by atoms with Crippen LogP contribution >= 0.6 is 0 Å². The molecular weight excluding hydrogens is 676 g/mol. The Morgan fingerprint density at radius 2 is 1.00 bits per heavy atom. The number of unbranched alkanes of at least 4 members (excludes halogenated alkanes) is 1. The van der Waals surface area contributed by atoms with Gasteiger partial charge in [0.15, 0.2) is 0 Å². The van der Waals surface area contributed by atoms with E-state index in [9.17, 15) is 43.3 Å². The van der Waals surface area contributed by atoms with E-state index in [-0.39, 0.29) is 36.5 Å². The second-order valence-corrected chi connectivity index (χ2v) is 12.2. The quantitative estimate of drug-likeness (QED) is 0.0762. The van der Waals surface area contributed by atoms with Crippen LogP contribution in [0.5, 0.6) is 17.2 Å². The van der Waals surface area contributed by atoms with E-state index in [0.717, 1.165) is 12.1 Å². The zero-order valence-corrected chi connectivity index (χ0v) is 28.1. The monoisotopic (exact) mass is 717 g/mol. The van der Waals surface area contributed by atoms with Crippen molar-refractivity contribution in [2.45, 2.75) is 50.2 Å². The van der Waals surface area contributed by atoms with Gasteiger partial charge in [-0.2, -0.15) is 0 Å². The molecule has 0 aliphatic heterocycles. The summed E-state index contributed by atoms with van der Waals surface area (Å²) >= 11 is 0. The molecule has 9 N–H and O–H groups in total. The van der Waals surface area contributed by atoms with Crippen LogP contribution in [-0.2, 0) is 33.6 Å². The van der Waals surface area contributed by atoms with Crippen LogP contribution in [0.2, 0.25) is 0 Å². The molecule has 0 saturated heterocycles. The van der Waals surface area contributed by atoms with E-state index >= 15 is 0 Å². The number of nitrogens with one attached hydrogen (secondary N) is 4. The molecule has 12 nitrogen and oxygen atoms in total. The Bertz CT molecular complexity index is 1820. The SMILES string of the molecule is NCCCCNC(=O)[C@H](Cc1ccc(O)cc1)NC(=O)[C@H](Cc1ccc(O)cc1)NC(=O)[C@H](Cc1ccc(O)cc1)NC(=O)c1ccc(F)cc1F. The molecule has 4 aromatic carbocycles. The van der Waals surface area contributed by atoms with Gasteiger partial charge in [0.25, 0.3) is 5.91 Å². The van der Waals surface area contributed by atoms with E-state index in [4.69, 9.17) is 5.73 Å². The van der Waals surface area contributed by atoms with Gasteiger partial charge in [0.05, 0.1) is 5.56 Å². The van der Waals surface area contributed by atoms with Gasteiger partial charge in [0, 0.05) is 31.9 Å². The molecule has 0 radical (unpaired) electrons. The van der Waals surface area contributed by atoms with Crippen molar-refractivity contribution < 1.29 is 43.3 Å². The van der Waals surface area contributed by atoms with E-state index in [1.165, 1.54) is 48.5 Å². The van der Waals surface area contributed by atoms with Crippen LogP contribution in [0.1, 0.15) is 39.9 Å². The van der Waals surface area contributed by atoms with E-state index in [2.05, 4.69) is 21.3 Å². The first-order valence-electron chi connectivity index (χ1n) is 16.6. The molecule has 0 unspecified atom stereocenters. The fourth-order valence-electron chi connectivity index (χ4n) is 5.29. The highest BCUT2D eigenvalue weighted by Crippen LogP contribution is 2.16. The number of hydrogen-bond donors (Lipinski definition) is 8. The maximum atomic E-state index is 14.5. The van der Waals surface area contributed by atoms with E-state index in [1.807, 2.05) is 0 Å². The zero-order valence-electron chi connectivity index (χ0n) is 28.1. The lowest BCUT2D eigenvalue weighted by Crippen LogP contribution is -2.58. The number of nitrogens with two attached hydrogens (primary N) is 1. The van der Waals surface area contributed by atoms with Crippen LogP contribution in [-0.4, -0.2) is 70.2 Å². The summed E-state index contributed by atoms with van der Waals surface area (Å²) in [4.78, 5) is 54.5. The number of benzene rings is 4. The van der Waals surface area contributed by atoms with Crippen LogP contribution in [0.4, 0.5) is 8.78 Å². The standard InChI is InChI=1S/C38H41F2N5O7/c39-26-9-16-30(31(40)22-26)35(49)43-33(20-24-5-12-28(47)13-6-24)37(51)45-34(21-25-7-14-29(48)15-8-25)38(52)44-32(36(50)42-18-2-1-17-41)19-23-3-10-27(46)11-4-23/h3-16,22,32-34,46-48H,1-2,17-21,41H2,(H,42,50)(H,43,49)(H,44,52)(H,45,51)/t32-,33-,34-/m0/s1. The largest absolute Gasteiger partial charge is 0.508 e. The summed E-state index contributed by atoms with van der Waals surface area (Å²) in [7, 11) is 0. The van der Waals surface area contributed by atoms with Crippen LogP contribution in [0.15, 0.2) is 91.0 Å². The molecule has 0 saturated carbocycles. The highest BCUT2D eigenvalue weighted by molar-refractivity contribution is 5.99. The van der Waals surface area contributed by atoms with Gasteiger partial charge in [-0.1, -0.05) is 36.4 Å². The van der Waals surface area contributed by atoms with Gasteiger partial charge in [-0.15, -0.1) is 0 Å². The molecule has 4 rings (SSSR count). The number of phenols is 3. The summed E-state index contributed by atoms with van der Waals surface area (Å²) in [5.41, 5.74) is 6.71. The number of rotatable bonds is 17. The van der Waals surface area contributed by atoms with Crippen molar-refractivity contribution in [3.63, 3.8) is 0 Å². The lowest BCUT2D eigenvalue weighted by atomic mass is 10.0. The Labute approximate surface area is 299 Å². The van der Waals surface area contributed by atoms with Gasteiger partial charge in [-0.05, 0) is 84.6 Å². The van der Waals surface area contributed by atoms with E-state index in [1.54, 1.807) is 24.3 Å². The summed E-state index contributed by atoms with van der Waals surface area (Å²) in [6, 6.07) is 16.3. The smallest absolute Gasteiger partial charge is 0.254 e. The minimum Gasteiger partial charge on any atom is -0.508 e. The number of aromatic hydroxyl groups is 3. The third-order valence-corrected chi connectivity index (χ3v) is 8.12. The van der Waals surface area contributed by atoms with Gasteiger partial charge in [0.2, 0.25) is 17.7 Å². The predicted octanol–water partition coefficient (Wildman–Crippen LogP) is 2.73. The van der Waals surface area contributed by atoms with Gasteiger partial charge >= 0.3 is 0 Å². The molecule has 0 aliphatic carbocycles. The lowest BCUT2D eigenvalue weighted by molar-refractivity contribution is -0.132. The van der Waals surface area contributed by atoms with Crippen LogP contribution < -0.4 is 27.0 Å². The normalized spacial score (nSPS) is 12.6. The fourth-order valence-corrected chi connectivity index (χ4v) is 5.29. The number of amides is 4. The van der Waals surface area contributed by atoms with Gasteiger partial charge in [-0.25, -0.2) is 8.78 Å². The van der Waals surface area contributed by atoms with Crippen molar-refractivity contribution in [1.82, 2.24) is 21.3 Å². The average Bonchev–Trinajstić information content (AvgIpc) is 3.11. The molecule has 0 heterocycles. The molecule has 52 heavy (non-hydrogen) atoms. The maximum absolute atomic E-state index is 14.5. The minimum absolute atomic E-state index is 0.0170. The Balaban J connectivity index is 1.62. The Hall–Kier alpha value is -6.02. The van der Waals surface area contributed by atoms with Crippen molar-refractivity contribution in [3.05, 3.63) is 125 Å². The summed E-state index contributed by atoms with van der Waals surface area (Å²) in [6.45, 7) is 0.744. The highest BCUT2D eigenvalue weighted by atomic mass is 19.1. The molecular formula is C38H41F2N5O7. The van der Waals surface area contributed by atoms with Gasteiger partial charge < -0.3 is 42.3 Å². The Kier molecular flexibility index (Phi) is 14.0.